The number of hydrogen-bond donors (Lipinski definition) is 2. The minimum absolute atomic E-state index is 0.149. The standard InChI is InChI=1S/C36H44ClF2N4O5S/c1-21-6-5-8-31(47-2)27-13-10-25(27)20-43-19-24-9-12-26(37)16-22(24)7-3-4-15-48-32-14-11-23(17-30(32)43)34(44)42-49(46)35(21)41-36(45)40-29-18-28(29)33(38)39/h5,8-9,11-12,14,16-17,21,25,27-29,31,33,35H,3-4,6-7,10,13,15,18-20H2,1-2H3,(H2,40,41,45)/q-1. The molecule has 6 rings (SSSR count). The number of carbonyl (C=O) groups excluding carboxylic acids is 2. The summed E-state index contributed by atoms with van der Waals surface area (Å²) in [5.41, 5.74) is 3.33. The smallest absolute Gasteiger partial charge is 0.313 e. The van der Waals surface area contributed by atoms with Crippen LogP contribution in [0.3, 0.4) is 0 Å². The van der Waals surface area contributed by atoms with Crippen LogP contribution in [-0.2, 0) is 32.5 Å². The number of carbonyl (C=O) groups is 2. The second-order valence-electron chi connectivity index (χ2n) is 13.7. The lowest BCUT2D eigenvalue weighted by Crippen LogP contribution is -2.46. The largest absolute Gasteiger partial charge is 0.491 e. The fraction of sp³-hybridized carbons (Fsp3) is 0.556. The number of allylic oxidation sites excluding steroid dienone is 1. The number of fused-ring (bicyclic) bond motifs is 3. The summed E-state index contributed by atoms with van der Waals surface area (Å²) in [5, 5.41) is 4.86. The van der Waals surface area contributed by atoms with Crippen molar-refractivity contribution in [2.45, 2.75) is 82.4 Å². The van der Waals surface area contributed by atoms with Gasteiger partial charge in [-0.1, -0.05) is 36.7 Å². The molecule has 0 radical (unpaired) electrons. The Labute approximate surface area is 293 Å². The van der Waals surface area contributed by atoms with Crippen LogP contribution in [0.25, 0.3) is 0 Å². The molecule has 2 aliphatic heterocycles. The molecule has 2 aliphatic carbocycles. The van der Waals surface area contributed by atoms with Crippen molar-refractivity contribution in [3.63, 3.8) is 0 Å². The molecule has 4 aliphatic rings. The van der Waals surface area contributed by atoms with E-state index < -0.39 is 52.2 Å². The lowest BCUT2D eigenvalue weighted by Gasteiger charge is -2.43. The maximum absolute atomic E-state index is 13.7. The maximum atomic E-state index is 13.7. The molecule has 7 atom stereocenters. The number of anilines is 1. The molecule has 2 aromatic rings. The lowest BCUT2D eigenvalue weighted by atomic mass is 9.70. The van der Waals surface area contributed by atoms with Crippen molar-refractivity contribution >= 4 is 39.8 Å². The Bertz CT molecular complexity index is 1650. The van der Waals surface area contributed by atoms with E-state index in [4.69, 9.17) is 21.1 Å². The van der Waals surface area contributed by atoms with Gasteiger partial charge in [0.1, 0.15) is 5.75 Å². The van der Waals surface area contributed by atoms with Crippen molar-refractivity contribution in [3.05, 3.63) is 70.3 Å². The molecule has 2 N–H and O–H groups in total. The molecule has 2 bridgehead atoms. The van der Waals surface area contributed by atoms with E-state index in [-0.39, 0.29) is 24.0 Å². The van der Waals surface area contributed by atoms with E-state index >= 15 is 0 Å². The molecular weight excluding hydrogens is 674 g/mol. The molecule has 266 valence electrons. The first-order valence-electron chi connectivity index (χ1n) is 17.1. The Kier molecular flexibility index (Phi) is 11.5. The van der Waals surface area contributed by atoms with E-state index in [1.54, 1.807) is 25.3 Å². The Morgan fingerprint density at radius 1 is 1.14 bits per heavy atom. The lowest BCUT2D eigenvalue weighted by molar-refractivity contribution is 0.0133. The van der Waals surface area contributed by atoms with Gasteiger partial charge < -0.3 is 33.6 Å². The van der Waals surface area contributed by atoms with Gasteiger partial charge >= 0.3 is 6.03 Å². The van der Waals surface area contributed by atoms with Gasteiger partial charge in [0.2, 0.25) is 6.43 Å². The van der Waals surface area contributed by atoms with Crippen molar-refractivity contribution in [1.82, 2.24) is 10.6 Å². The monoisotopic (exact) mass is 717 g/mol. The van der Waals surface area contributed by atoms with Gasteiger partial charge in [-0.2, -0.15) is 10.6 Å². The molecule has 2 heterocycles. The summed E-state index contributed by atoms with van der Waals surface area (Å²) in [4.78, 5) is 28.8. The zero-order chi connectivity index (χ0) is 34.7. The molecule has 2 aromatic carbocycles. The molecule has 9 nitrogen and oxygen atoms in total. The number of benzene rings is 2. The van der Waals surface area contributed by atoms with Crippen molar-refractivity contribution in [2.24, 2.45) is 28.0 Å². The van der Waals surface area contributed by atoms with E-state index in [2.05, 4.69) is 26.0 Å². The maximum Gasteiger partial charge on any atom is 0.313 e. The first kappa shape index (κ1) is 35.6. The minimum Gasteiger partial charge on any atom is -0.491 e. The van der Waals surface area contributed by atoms with Crippen molar-refractivity contribution < 1.29 is 32.1 Å². The van der Waals surface area contributed by atoms with Gasteiger partial charge in [0.15, 0.2) is 0 Å². The number of amides is 3. The number of aryl methyl sites for hydroxylation is 1. The summed E-state index contributed by atoms with van der Waals surface area (Å²) in [5.74, 6) is -0.772. The number of urea groups is 1. The van der Waals surface area contributed by atoms with E-state index in [1.165, 1.54) is 5.56 Å². The van der Waals surface area contributed by atoms with Gasteiger partial charge in [-0.25, -0.2) is 13.6 Å². The van der Waals surface area contributed by atoms with Crippen LogP contribution in [0.4, 0.5) is 19.3 Å². The topological polar surface area (TPSA) is 109 Å². The third-order valence-electron chi connectivity index (χ3n) is 10.3. The number of halogens is 3. The second kappa shape index (κ2) is 15.8. The van der Waals surface area contributed by atoms with Crippen LogP contribution < -0.4 is 20.3 Å². The summed E-state index contributed by atoms with van der Waals surface area (Å²) in [6.07, 6.45) is 6.59. The van der Waals surface area contributed by atoms with Crippen LogP contribution in [0.2, 0.25) is 5.02 Å². The van der Waals surface area contributed by atoms with Gasteiger partial charge in [0.25, 0.3) is 5.91 Å². The van der Waals surface area contributed by atoms with Gasteiger partial charge in [-0.15, -0.1) is 0 Å². The Balaban J connectivity index is 1.37. The quantitative estimate of drug-likeness (QED) is 0.255. The summed E-state index contributed by atoms with van der Waals surface area (Å²) >= 11 is 6.43. The highest BCUT2D eigenvalue weighted by Crippen LogP contribution is 2.42. The predicted molar refractivity (Wildman–Crippen MR) is 185 cm³/mol. The third kappa shape index (κ3) is 8.57. The van der Waals surface area contributed by atoms with E-state index in [0.717, 1.165) is 43.4 Å². The average Bonchev–Trinajstić information content (AvgIpc) is 3.84. The number of methoxy groups -OCH3 is 1. The van der Waals surface area contributed by atoms with Crippen molar-refractivity contribution in [3.8, 4) is 5.75 Å². The molecule has 3 amide bonds. The molecule has 7 unspecified atom stereocenters. The summed E-state index contributed by atoms with van der Waals surface area (Å²) in [6.45, 7) is 3.60. The highest BCUT2D eigenvalue weighted by molar-refractivity contribution is 7.75. The number of ether oxygens (including phenoxy) is 2. The zero-order valence-electron chi connectivity index (χ0n) is 27.8. The number of alkyl halides is 2. The highest BCUT2D eigenvalue weighted by Gasteiger charge is 2.45. The molecule has 49 heavy (non-hydrogen) atoms. The van der Waals surface area contributed by atoms with Crippen molar-refractivity contribution in [2.75, 3.05) is 25.2 Å². The van der Waals surface area contributed by atoms with Crippen LogP contribution in [0.1, 0.15) is 66.9 Å². The van der Waals surface area contributed by atoms with Crippen molar-refractivity contribution in [1.29, 1.82) is 0 Å². The van der Waals surface area contributed by atoms with Gasteiger partial charge in [0.05, 0.1) is 18.4 Å². The molecule has 13 heteroatoms. The normalized spacial score (nSPS) is 29.3. The minimum atomic E-state index is -2.53. The van der Waals surface area contributed by atoms with Crippen LogP contribution in [0.15, 0.2) is 52.9 Å². The Morgan fingerprint density at radius 2 is 1.98 bits per heavy atom. The summed E-state index contributed by atoms with van der Waals surface area (Å²) < 4.78 is 56.2. The summed E-state index contributed by atoms with van der Waals surface area (Å²) in [7, 11) is -0.478. The number of rotatable bonds is 4. The van der Waals surface area contributed by atoms with Gasteiger partial charge in [-0.3, -0.25) is 4.79 Å². The molecular formula is C36H44ClF2N4O5S-. The second-order valence-corrected chi connectivity index (χ2v) is 15.4. The third-order valence-corrected chi connectivity index (χ3v) is 11.9. The number of nitrogens with one attached hydrogen (secondary N) is 2. The van der Waals surface area contributed by atoms with Crippen LogP contribution in [-0.4, -0.2) is 56.1 Å². The van der Waals surface area contributed by atoms with E-state index in [0.29, 0.717) is 42.8 Å². The molecule has 0 aromatic heterocycles. The molecule has 0 saturated heterocycles. The van der Waals surface area contributed by atoms with Gasteiger partial charge in [-0.05, 0) is 110 Å². The highest BCUT2D eigenvalue weighted by atomic mass is 35.5. The molecule has 0 spiro atoms. The van der Waals surface area contributed by atoms with Crippen LogP contribution >= 0.6 is 11.6 Å². The first-order valence-corrected chi connectivity index (χ1v) is 18.7. The van der Waals surface area contributed by atoms with Gasteiger partial charge in [0, 0.05) is 42.7 Å². The van der Waals surface area contributed by atoms with E-state index in [9.17, 15) is 22.6 Å². The predicted octanol–water partition coefficient (Wildman–Crippen LogP) is 7.27. The first-order chi connectivity index (χ1) is 23.6. The van der Waals surface area contributed by atoms with Crippen LogP contribution in [0.5, 0.6) is 5.75 Å². The Morgan fingerprint density at radius 3 is 2.71 bits per heavy atom. The molecule has 2 fully saturated rings. The van der Waals surface area contributed by atoms with E-state index in [1.807, 2.05) is 31.2 Å². The average molecular weight is 718 g/mol. The van der Waals surface area contributed by atoms with Crippen LogP contribution in [0, 0.1) is 23.7 Å². The Hall–Kier alpha value is -3.22. The zero-order valence-corrected chi connectivity index (χ0v) is 29.4. The number of nitrogens with zero attached hydrogens (tertiary/aromatic N) is 2. The summed E-state index contributed by atoms with van der Waals surface area (Å²) in [6, 6.07) is 9.81. The fourth-order valence-corrected chi connectivity index (χ4v) is 8.41. The SMILES string of the molecule is COC1C=CCC(C)C(NC(=O)NC2CC2C(F)F)[S-](=O)=NC(=O)c2ccc3c(c2)N(Cc2ccc(Cl)cc2CCCCO3)CC2CCC21. The molecule has 2 saturated carbocycles. The fourth-order valence-electron chi connectivity index (χ4n) is 7.12. The number of hydrogen-bond acceptors (Lipinski definition) is 7.